The molecule has 0 fully saturated rings. The molecule has 2 rings (SSSR count). The number of benzene rings is 1. The minimum atomic E-state index is -0.0177. The van der Waals surface area contributed by atoms with Crippen LogP contribution in [0.4, 0.5) is 0 Å². The Labute approximate surface area is 112 Å². The Morgan fingerprint density at radius 1 is 1.24 bits per heavy atom. The van der Waals surface area contributed by atoms with Crippen molar-refractivity contribution in [3.63, 3.8) is 0 Å². The lowest BCUT2D eigenvalue weighted by atomic mass is 10.2. The summed E-state index contributed by atoms with van der Waals surface area (Å²) >= 11 is 5.88. The topological polar surface area (TPSA) is 46.0 Å². The van der Waals surface area contributed by atoms with Crippen LogP contribution in [0.15, 0.2) is 40.5 Å². The van der Waals surface area contributed by atoms with Crippen LogP contribution in [-0.2, 0) is 0 Å². The van der Waals surface area contributed by atoms with Crippen molar-refractivity contribution in [1.82, 2.24) is 9.97 Å². The van der Waals surface area contributed by atoms with Gasteiger partial charge in [-0.2, -0.15) is 4.98 Å². The van der Waals surface area contributed by atoms with E-state index in [1.807, 2.05) is 25.1 Å². The van der Waals surface area contributed by atoms with E-state index < -0.39 is 0 Å². The lowest BCUT2D eigenvalue weighted by Crippen LogP contribution is -1.83. The molecule has 1 aromatic heterocycles. The van der Waals surface area contributed by atoms with Gasteiger partial charge in [-0.25, -0.2) is 4.98 Å². The number of aromatic nitrogens is 2. The van der Waals surface area contributed by atoms with Crippen LogP contribution in [0.25, 0.3) is 0 Å². The van der Waals surface area contributed by atoms with Gasteiger partial charge in [-0.1, -0.05) is 11.6 Å². The van der Waals surface area contributed by atoms with E-state index >= 15 is 0 Å². The summed E-state index contributed by atoms with van der Waals surface area (Å²) in [6.45, 7) is 2.00. The molecule has 0 atom stereocenters. The van der Waals surface area contributed by atoms with E-state index in [0.29, 0.717) is 5.16 Å². The van der Waals surface area contributed by atoms with E-state index in [-0.39, 0.29) is 5.88 Å². The van der Waals surface area contributed by atoms with Gasteiger partial charge in [-0.3, -0.25) is 0 Å². The predicted molar refractivity (Wildman–Crippen MR) is 71.6 cm³/mol. The van der Waals surface area contributed by atoms with Crippen LogP contribution in [0.1, 0.15) is 5.56 Å². The second-order valence-electron chi connectivity index (χ2n) is 3.27. The fourth-order valence-electron chi connectivity index (χ4n) is 1.16. The van der Waals surface area contributed by atoms with E-state index in [1.165, 1.54) is 33.9 Å². The normalized spacial score (nSPS) is 10.5. The van der Waals surface area contributed by atoms with Crippen molar-refractivity contribution in [2.75, 3.05) is 0 Å². The highest BCUT2D eigenvalue weighted by atomic mass is 35.5. The Bertz CT molecular complexity index is 537. The number of halogens is 1. The van der Waals surface area contributed by atoms with Crippen LogP contribution in [0.5, 0.6) is 5.88 Å². The minimum absolute atomic E-state index is 0.0177. The third-order valence-electron chi connectivity index (χ3n) is 1.96. The molecule has 17 heavy (non-hydrogen) atoms. The highest BCUT2D eigenvalue weighted by molar-refractivity contribution is 8.76. The first-order valence-corrected chi connectivity index (χ1v) is 7.30. The number of rotatable bonds is 3. The van der Waals surface area contributed by atoms with E-state index in [4.69, 9.17) is 11.6 Å². The monoisotopic (exact) mass is 284 g/mol. The third-order valence-corrected chi connectivity index (χ3v) is 4.50. The van der Waals surface area contributed by atoms with Crippen LogP contribution in [-0.4, -0.2) is 15.1 Å². The smallest absolute Gasteiger partial charge is 0.214 e. The largest absolute Gasteiger partial charge is 0.493 e. The molecule has 0 unspecified atom stereocenters. The first kappa shape index (κ1) is 12.5. The molecule has 0 aliphatic rings. The number of nitrogens with zero attached hydrogens (tertiary/aromatic N) is 2. The van der Waals surface area contributed by atoms with Crippen molar-refractivity contribution in [1.29, 1.82) is 0 Å². The van der Waals surface area contributed by atoms with Gasteiger partial charge in [-0.15, -0.1) is 0 Å². The Hall–Kier alpha value is -0.910. The summed E-state index contributed by atoms with van der Waals surface area (Å²) in [6, 6.07) is 7.16. The maximum atomic E-state index is 9.21. The fourth-order valence-corrected chi connectivity index (χ4v) is 3.39. The second-order valence-corrected chi connectivity index (χ2v) is 5.85. The first-order valence-electron chi connectivity index (χ1n) is 4.78. The zero-order valence-corrected chi connectivity index (χ0v) is 11.3. The molecule has 1 N–H and O–H groups in total. The van der Waals surface area contributed by atoms with E-state index in [9.17, 15) is 5.11 Å². The molecular formula is C11H9ClN2OS2. The molecule has 3 nitrogen and oxygen atoms in total. The summed E-state index contributed by atoms with van der Waals surface area (Å²) in [4.78, 5) is 9.05. The van der Waals surface area contributed by atoms with Crippen molar-refractivity contribution < 1.29 is 5.11 Å². The molecule has 0 amide bonds. The van der Waals surface area contributed by atoms with Crippen LogP contribution >= 0.6 is 33.2 Å². The molecule has 1 aromatic carbocycles. The molecule has 0 bridgehead atoms. The number of aromatic hydroxyl groups is 1. The summed E-state index contributed by atoms with van der Waals surface area (Å²) in [7, 11) is 2.94. The van der Waals surface area contributed by atoms with Crippen molar-refractivity contribution in [3.8, 4) is 5.88 Å². The Balaban J connectivity index is 2.07. The van der Waals surface area contributed by atoms with Gasteiger partial charge in [0, 0.05) is 22.2 Å². The van der Waals surface area contributed by atoms with Crippen molar-refractivity contribution >= 4 is 33.2 Å². The van der Waals surface area contributed by atoms with Crippen molar-refractivity contribution in [2.24, 2.45) is 0 Å². The average molecular weight is 285 g/mol. The van der Waals surface area contributed by atoms with Crippen LogP contribution in [0, 0.1) is 6.92 Å². The number of hydrogen-bond acceptors (Lipinski definition) is 5. The zero-order valence-electron chi connectivity index (χ0n) is 8.92. The molecule has 0 saturated carbocycles. The van der Waals surface area contributed by atoms with Gasteiger partial charge in [0.25, 0.3) is 0 Å². The molecule has 0 aliphatic carbocycles. The molecule has 0 radical (unpaired) electrons. The molecule has 0 spiro atoms. The van der Waals surface area contributed by atoms with Gasteiger partial charge in [-0.05, 0) is 52.3 Å². The molecule has 2 aromatic rings. The Morgan fingerprint density at radius 3 is 2.76 bits per heavy atom. The summed E-state index contributed by atoms with van der Waals surface area (Å²) < 4.78 is 0. The van der Waals surface area contributed by atoms with E-state index in [0.717, 1.165) is 15.5 Å². The lowest BCUT2D eigenvalue weighted by Gasteiger charge is -2.04. The maximum Gasteiger partial charge on any atom is 0.214 e. The standard InChI is InChI=1S/C11H9ClN2OS2/c1-7-6-8(12)2-3-9(7)16-17-11-13-5-4-10(15)14-11/h2-6H,1H3,(H,13,14,15). The van der Waals surface area contributed by atoms with Crippen LogP contribution in [0.3, 0.4) is 0 Å². The number of hydrogen-bond donors (Lipinski definition) is 1. The summed E-state index contributed by atoms with van der Waals surface area (Å²) in [5.74, 6) is -0.0177. The molecule has 0 aliphatic heterocycles. The lowest BCUT2D eigenvalue weighted by molar-refractivity contribution is 0.445. The summed E-state index contributed by atoms with van der Waals surface area (Å²) in [5, 5.41) is 10.5. The van der Waals surface area contributed by atoms with Gasteiger partial charge in [0.2, 0.25) is 11.0 Å². The van der Waals surface area contributed by atoms with Gasteiger partial charge >= 0.3 is 0 Å². The fraction of sp³-hybridized carbons (Fsp3) is 0.0909. The maximum absolute atomic E-state index is 9.21. The van der Waals surface area contributed by atoms with Gasteiger partial charge in [0.05, 0.1) is 0 Å². The number of aryl methyl sites for hydroxylation is 1. The molecule has 88 valence electrons. The summed E-state index contributed by atoms with van der Waals surface area (Å²) in [5.41, 5.74) is 1.11. The van der Waals surface area contributed by atoms with Gasteiger partial charge < -0.3 is 5.11 Å². The third kappa shape index (κ3) is 3.52. The van der Waals surface area contributed by atoms with E-state index in [1.54, 1.807) is 0 Å². The van der Waals surface area contributed by atoms with E-state index in [2.05, 4.69) is 9.97 Å². The Kier molecular flexibility index (Phi) is 4.15. The Morgan fingerprint density at radius 2 is 2.06 bits per heavy atom. The average Bonchev–Trinajstić information content (AvgIpc) is 2.28. The second kappa shape index (κ2) is 5.62. The minimum Gasteiger partial charge on any atom is -0.493 e. The van der Waals surface area contributed by atoms with Crippen molar-refractivity contribution in [3.05, 3.63) is 41.0 Å². The van der Waals surface area contributed by atoms with Gasteiger partial charge in [0.1, 0.15) is 0 Å². The molecule has 1 heterocycles. The molecular weight excluding hydrogens is 276 g/mol. The zero-order chi connectivity index (χ0) is 12.3. The molecule has 6 heteroatoms. The van der Waals surface area contributed by atoms with Crippen LogP contribution < -0.4 is 0 Å². The van der Waals surface area contributed by atoms with Crippen LogP contribution in [0.2, 0.25) is 5.02 Å². The SMILES string of the molecule is Cc1cc(Cl)ccc1SSc1nccc(O)n1. The van der Waals surface area contributed by atoms with Gasteiger partial charge in [0.15, 0.2) is 0 Å². The first-order chi connectivity index (χ1) is 8.15. The quantitative estimate of drug-likeness (QED) is 0.683. The predicted octanol–water partition coefficient (Wildman–Crippen LogP) is 3.94. The molecule has 0 saturated heterocycles. The van der Waals surface area contributed by atoms with Crippen molar-refractivity contribution in [2.45, 2.75) is 17.0 Å². The summed E-state index contributed by atoms with van der Waals surface area (Å²) in [6.07, 6.45) is 1.53. The highest BCUT2D eigenvalue weighted by Crippen LogP contribution is 2.37. The highest BCUT2D eigenvalue weighted by Gasteiger charge is 2.04.